The summed E-state index contributed by atoms with van der Waals surface area (Å²) >= 11 is 2.94. The van der Waals surface area contributed by atoms with Crippen LogP contribution in [-0.4, -0.2) is 5.78 Å². The maximum absolute atomic E-state index is 12.5. The van der Waals surface area contributed by atoms with E-state index in [2.05, 4.69) is 15.9 Å². The van der Waals surface area contributed by atoms with Crippen LogP contribution in [0.25, 0.3) is 0 Å². The van der Waals surface area contributed by atoms with Gasteiger partial charge in [-0.1, -0.05) is 15.9 Å². The Hall–Kier alpha value is -1.28. The molecule has 0 radical (unpaired) electrons. The molecule has 0 unspecified atom stereocenters. The number of halogens is 3. The first-order chi connectivity index (χ1) is 6.97. The summed E-state index contributed by atoms with van der Waals surface area (Å²) in [6.07, 6.45) is -2.67. The maximum Gasteiger partial charge on any atom is 0.264 e. The van der Waals surface area contributed by atoms with Crippen LogP contribution >= 0.6 is 15.9 Å². The molecule has 0 heterocycles. The molecule has 15 heavy (non-hydrogen) atoms. The largest absolute Gasteiger partial charge is 0.294 e. The average Bonchev–Trinajstić information content (AvgIpc) is 2.16. The van der Waals surface area contributed by atoms with Gasteiger partial charge < -0.3 is 0 Å². The fourth-order valence-corrected chi connectivity index (χ4v) is 1.66. The normalized spacial score (nSPS) is 10.1. The topological polar surface area (TPSA) is 40.9 Å². The van der Waals surface area contributed by atoms with Crippen molar-refractivity contribution in [2.45, 2.75) is 13.3 Å². The van der Waals surface area contributed by atoms with E-state index in [0.717, 1.165) is 6.07 Å². The minimum absolute atomic E-state index is 0.0269. The van der Waals surface area contributed by atoms with Gasteiger partial charge in [-0.05, 0) is 19.1 Å². The van der Waals surface area contributed by atoms with Gasteiger partial charge in [-0.2, -0.15) is 5.26 Å². The third-order valence-corrected chi connectivity index (χ3v) is 2.56. The molecule has 0 fully saturated rings. The van der Waals surface area contributed by atoms with Crippen LogP contribution in [0.15, 0.2) is 16.6 Å². The SMILES string of the molecule is CC(=O)c1cc(Br)c(C(F)F)cc1C#N. The average molecular weight is 274 g/mol. The number of carbonyl (C=O) groups is 1. The molecule has 0 bridgehead atoms. The van der Waals surface area contributed by atoms with Gasteiger partial charge in [0, 0.05) is 15.6 Å². The molecule has 0 N–H and O–H groups in total. The standard InChI is InChI=1S/C10H6BrF2NO/c1-5(15)7-3-9(11)8(10(12)13)2-6(7)4-14/h2-3,10H,1H3. The highest BCUT2D eigenvalue weighted by atomic mass is 79.9. The van der Waals surface area contributed by atoms with Crippen molar-refractivity contribution in [3.8, 4) is 6.07 Å². The monoisotopic (exact) mass is 273 g/mol. The number of nitrogens with zero attached hydrogens (tertiary/aromatic N) is 1. The molecule has 78 valence electrons. The van der Waals surface area contributed by atoms with E-state index >= 15 is 0 Å². The van der Waals surface area contributed by atoms with E-state index in [4.69, 9.17) is 5.26 Å². The highest BCUT2D eigenvalue weighted by Crippen LogP contribution is 2.30. The molecular weight excluding hydrogens is 268 g/mol. The lowest BCUT2D eigenvalue weighted by atomic mass is 10.0. The van der Waals surface area contributed by atoms with Gasteiger partial charge in [0.15, 0.2) is 5.78 Å². The third-order valence-electron chi connectivity index (χ3n) is 1.87. The second-order valence-corrected chi connectivity index (χ2v) is 3.74. The smallest absolute Gasteiger partial charge is 0.264 e. The molecular formula is C10H6BrF2NO. The molecule has 0 spiro atoms. The lowest BCUT2D eigenvalue weighted by Gasteiger charge is -2.06. The first-order valence-corrected chi connectivity index (χ1v) is 4.79. The highest BCUT2D eigenvalue weighted by molar-refractivity contribution is 9.10. The lowest BCUT2D eigenvalue weighted by molar-refractivity contribution is 0.101. The summed E-state index contributed by atoms with van der Waals surface area (Å²) in [7, 11) is 0. The first kappa shape index (κ1) is 11.8. The number of nitriles is 1. The summed E-state index contributed by atoms with van der Waals surface area (Å²) in [5.74, 6) is -0.326. The van der Waals surface area contributed by atoms with E-state index in [1.165, 1.54) is 13.0 Å². The molecule has 0 aliphatic heterocycles. The van der Waals surface area contributed by atoms with E-state index in [9.17, 15) is 13.6 Å². The van der Waals surface area contributed by atoms with E-state index in [1.54, 1.807) is 6.07 Å². The Morgan fingerprint density at radius 1 is 1.53 bits per heavy atom. The number of rotatable bonds is 2. The van der Waals surface area contributed by atoms with Crippen molar-refractivity contribution in [2.24, 2.45) is 0 Å². The van der Waals surface area contributed by atoms with Crippen molar-refractivity contribution in [3.05, 3.63) is 33.3 Å². The van der Waals surface area contributed by atoms with Crippen LogP contribution in [0, 0.1) is 11.3 Å². The Morgan fingerprint density at radius 2 is 2.13 bits per heavy atom. The molecule has 0 saturated carbocycles. The van der Waals surface area contributed by atoms with Crippen molar-refractivity contribution in [2.75, 3.05) is 0 Å². The number of hydrogen-bond acceptors (Lipinski definition) is 2. The van der Waals surface area contributed by atoms with Gasteiger partial charge in [0.1, 0.15) is 0 Å². The van der Waals surface area contributed by atoms with Crippen LogP contribution in [0.4, 0.5) is 8.78 Å². The Morgan fingerprint density at radius 3 is 2.53 bits per heavy atom. The molecule has 1 aromatic carbocycles. The second kappa shape index (κ2) is 4.49. The van der Waals surface area contributed by atoms with Gasteiger partial charge in [-0.3, -0.25) is 4.79 Å². The summed E-state index contributed by atoms with van der Waals surface area (Å²) in [6, 6.07) is 4.01. The number of hydrogen-bond donors (Lipinski definition) is 0. The minimum Gasteiger partial charge on any atom is -0.294 e. The summed E-state index contributed by atoms with van der Waals surface area (Å²) in [6.45, 7) is 1.28. The van der Waals surface area contributed by atoms with Gasteiger partial charge >= 0.3 is 0 Å². The third kappa shape index (κ3) is 2.39. The Labute approximate surface area is 93.6 Å². The zero-order valence-corrected chi connectivity index (χ0v) is 9.31. The van der Waals surface area contributed by atoms with Crippen molar-refractivity contribution < 1.29 is 13.6 Å². The van der Waals surface area contributed by atoms with Crippen LogP contribution in [0.3, 0.4) is 0 Å². The first-order valence-electron chi connectivity index (χ1n) is 4.00. The van der Waals surface area contributed by atoms with Crippen LogP contribution in [-0.2, 0) is 0 Å². The predicted molar refractivity (Wildman–Crippen MR) is 53.8 cm³/mol. The molecule has 0 amide bonds. The van der Waals surface area contributed by atoms with Crippen LogP contribution in [0.2, 0.25) is 0 Å². The van der Waals surface area contributed by atoms with Gasteiger partial charge in [-0.15, -0.1) is 0 Å². The van der Waals surface area contributed by atoms with Gasteiger partial charge in [0.25, 0.3) is 6.43 Å². The fraction of sp³-hybridized carbons (Fsp3) is 0.200. The zero-order valence-electron chi connectivity index (χ0n) is 7.72. The van der Waals surface area contributed by atoms with Crippen LogP contribution in [0.1, 0.15) is 34.8 Å². The van der Waals surface area contributed by atoms with E-state index in [1.807, 2.05) is 0 Å². The predicted octanol–water partition coefficient (Wildman–Crippen LogP) is 3.46. The fourth-order valence-electron chi connectivity index (χ4n) is 1.14. The Bertz CT molecular complexity index is 451. The summed E-state index contributed by atoms with van der Waals surface area (Å²) in [4.78, 5) is 11.1. The molecule has 2 nitrogen and oxygen atoms in total. The molecule has 1 aromatic rings. The van der Waals surface area contributed by atoms with Crippen molar-refractivity contribution in [1.29, 1.82) is 5.26 Å². The number of benzene rings is 1. The lowest BCUT2D eigenvalue weighted by Crippen LogP contribution is -1.99. The van der Waals surface area contributed by atoms with E-state index < -0.39 is 6.43 Å². The van der Waals surface area contributed by atoms with Crippen molar-refractivity contribution >= 4 is 21.7 Å². The molecule has 5 heteroatoms. The Kier molecular flexibility index (Phi) is 3.53. The minimum atomic E-state index is -2.67. The highest BCUT2D eigenvalue weighted by Gasteiger charge is 2.17. The molecule has 1 rings (SSSR count). The van der Waals surface area contributed by atoms with Crippen molar-refractivity contribution in [3.63, 3.8) is 0 Å². The van der Waals surface area contributed by atoms with Gasteiger partial charge in [0.2, 0.25) is 0 Å². The van der Waals surface area contributed by atoms with E-state index in [-0.39, 0.29) is 26.9 Å². The molecule has 0 aromatic heterocycles. The van der Waals surface area contributed by atoms with Gasteiger partial charge in [-0.25, -0.2) is 8.78 Å². The number of carbonyl (C=O) groups excluding carboxylic acids is 1. The number of ketones is 1. The summed E-state index contributed by atoms with van der Waals surface area (Å²) < 4.78 is 25.0. The summed E-state index contributed by atoms with van der Waals surface area (Å²) in [5.41, 5.74) is -0.161. The molecule has 0 saturated heterocycles. The molecule has 0 atom stereocenters. The van der Waals surface area contributed by atoms with Gasteiger partial charge in [0.05, 0.1) is 11.6 Å². The van der Waals surface area contributed by atoms with E-state index in [0.29, 0.717) is 0 Å². The Balaban J connectivity index is 3.44. The quantitative estimate of drug-likeness (QED) is 0.775. The molecule has 0 aliphatic carbocycles. The summed E-state index contributed by atoms with van der Waals surface area (Å²) in [5, 5.41) is 8.70. The number of alkyl halides is 2. The number of Topliss-reactive ketones (excluding diaryl/α,β-unsaturated/α-hetero) is 1. The zero-order chi connectivity index (χ0) is 11.6. The maximum atomic E-state index is 12.5. The van der Waals surface area contributed by atoms with Crippen LogP contribution in [0.5, 0.6) is 0 Å². The second-order valence-electron chi connectivity index (χ2n) is 2.89. The van der Waals surface area contributed by atoms with Crippen LogP contribution < -0.4 is 0 Å². The van der Waals surface area contributed by atoms with Crippen molar-refractivity contribution in [1.82, 2.24) is 0 Å². The molecule has 0 aliphatic rings.